The number of nitrogens with two attached hydrogens (primary N) is 2. The van der Waals surface area contributed by atoms with Crippen LogP contribution in [0.4, 0.5) is 11.8 Å². The smallest absolute Gasteiger partial charge is 0.387 e. The molecule has 0 saturated carbocycles. The molecule has 0 bridgehead atoms. The number of aromatic nitrogens is 6. The van der Waals surface area contributed by atoms with Crippen molar-refractivity contribution in [3.8, 4) is 0 Å². The van der Waals surface area contributed by atoms with Crippen LogP contribution in [0, 0.1) is 0 Å². The fourth-order valence-electron chi connectivity index (χ4n) is 3.00. The maximum atomic E-state index is 12.1. The molecule has 0 aromatic carbocycles. The van der Waals surface area contributed by atoms with Crippen LogP contribution in [0.15, 0.2) is 28.2 Å². The first-order valence-electron chi connectivity index (χ1n) is 8.82. The van der Waals surface area contributed by atoms with Crippen molar-refractivity contribution in [3.63, 3.8) is 0 Å². The van der Waals surface area contributed by atoms with Crippen LogP contribution in [-0.4, -0.2) is 69.3 Å². The number of nitrogens with zero attached hydrogens (tertiary/aromatic N) is 5. The molecule has 1 fully saturated rings. The molecule has 0 aliphatic carbocycles. The highest BCUT2D eigenvalue weighted by atomic mass is 31.2. The second-order valence-electron chi connectivity index (χ2n) is 6.63. The minimum absolute atomic E-state index is 0.0181. The zero-order chi connectivity index (χ0) is 23.2. The molecule has 1 saturated heterocycles. The SMILES string of the molecule is Nc1ccn(OP(=O)(O)OC[C@H]2O[C@@H](n3cnc4c(=O)[nH]c(N)nc43)C(O)C2O)c(=O)n1. The molecule has 18 heteroatoms. The van der Waals surface area contributed by atoms with E-state index in [1.807, 2.05) is 0 Å². The Morgan fingerprint density at radius 2 is 2.00 bits per heavy atom. The van der Waals surface area contributed by atoms with Crippen molar-refractivity contribution in [2.75, 3.05) is 18.1 Å². The molecule has 172 valence electrons. The van der Waals surface area contributed by atoms with Crippen molar-refractivity contribution in [3.05, 3.63) is 39.4 Å². The van der Waals surface area contributed by atoms with Gasteiger partial charge in [0.15, 0.2) is 17.4 Å². The highest BCUT2D eigenvalue weighted by Gasteiger charge is 2.45. The fraction of sp³-hybridized carbons (Fsp3) is 0.357. The number of nitrogen functional groups attached to an aromatic ring is 2. The van der Waals surface area contributed by atoms with Crippen molar-refractivity contribution in [2.45, 2.75) is 24.5 Å². The first kappa shape index (κ1) is 21.9. The highest BCUT2D eigenvalue weighted by molar-refractivity contribution is 7.47. The molecule has 17 nitrogen and oxygen atoms in total. The standard InChI is InChI=1S/C14H17N8O9P/c15-6-1-2-22(14(26)18-6)31-32(27,28)29-3-5-8(23)9(24)12(30-5)21-4-17-7-10(21)19-13(16)20-11(7)25/h1-2,4-5,8-9,12,23-24H,3H2,(H,27,28)(H2,15,18,26)(H3,16,19,20,25)/t5-,8?,9?,12-/m1/s1. The van der Waals surface area contributed by atoms with E-state index in [0.29, 0.717) is 4.73 Å². The van der Waals surface area contributed by atoms with Crippen molar-refractivity contribution in [1.29, 1.82) is 0 Å². The van der Waals surface area contributed by atoms with Crippen LogP contribution in [0.5, 0.6) is 0 Å². The molecule has 0 radical (unpaired) electrons. The van der Waals surface area contributed by atoms with Crippen LogP contribution in [-0.2, 0) is 13.8 Å². The lowest BCUT2D eigenvalue weighted by Crippen LogP contribution is -2.34. The van der Waals surface area contributed by atoms with Gasteiger partial charge in [0.2, 0.25) is 5.95 Å². The number of ether oxygens (including phenoxy) is 1. The highest BCUT2D eigenvalue weighted by Crippen LogP contribution is 2.41. The Balaban J connectivity index is 1.48. The molecular weight excluding hydrogens is 455 g/mol. The number of fused-ring (bicyclic) bond motifs is 1. The van der Waals surface area contributed by atoms with Gasteiger partial charge in [0.1, 0.15) is 24.1 Å². The van der Waals surface area contributed by atoms with Gasteiger partial charge >= 0.3 is 13.5 Å². The predicted octanol–water partition coefficient (Wildman–Crippen LogP) is -3.29. The summed E-state index contributed by atoms with van der Waals surface area (Å²) >= 11 is 0. The summed E-state index contributed by atoms with van der Waals surface area (Å²) in [5.41, 5.74) is 9.06. The number of aromatic amines is 1. The van der Waals surface area contributed by atoms with E-state index in [2.05, 4.69) is 24.6 Å². The monoisotopic (exact) mass is 472 g/mol. The van der Waals surface area contributed by atoms with Crippen LogP contribution in [0.25, 0.3) is 11.2 Å². The van der Waals surface area contributed by atoms with Crippen LogP contribution in [0.3, 0.4) is 0 Å². The van der Waals surface area contributed by atoms with E-state index < -0.39 is 50.2 Å². The summed E-state index contributed by atoms with van der Waals surface area (Å²) in [7, 11) is -4.87. The van der Waals surface area contributed by atoms with Gasteiger partial charge in [-0.2, -0.15) is 9.97 Å². The molecule has 0 amide bonds. The van der Waals surface area contributed by atoms with Gasteiger partial charge in [-0.05, 0) is 0 Å². The molecular formula is C14H17N8O9P. The second kappa shape index (κ2) is 7.97. The van der Waals surface area contributed by atoms with Crippen molar-refractivity contribution < 1.29 is 33.6 Å². The van der Waals surface area contributed by atoms with Gasteiger partial charge in [0.25, 0.3) is 5.56 Å². The van der Waals surface area contributed by atoms with Gasteiger partial charge in [-0.3, -0.25) is 23.8 Å². The molecule has 4 heterocycles. The summed E-state index contributed by atoms with van der Waals surface area (Å²) in [6.45, 7) is -0.720. The molecule has 0 spiro atoms. The lowest BCUT2D eigenvalue weighted by molar-refractivity contribution is -0.0516. The lowest BCUT2D eigenvalue weighted by atomic mass is 10.1. The molecule has 32 heavy (non-hydrogen) atoms. The lowest BCUT2D eigenvalue weighted by Gasteiger charge is -2.18. The quantitative estimate of drug-likeness (QED) is 0.192. The molecule has 3 aromatic heterocycles. The van der Waals surface area contributed by atoms with E-state index in [-0.39, 0.29) is 22.9 Å². The topological polar surface area (TPSA) is 256 Å². The zero-order valence-corrected chi connectivity index (χ0v) is 16.8. The van der Waals surface area contributed by atoms with Gasteiger partial charge in [0.05, 0.1) is 19.1 Å². The number of aliphatic hydroxyl groups is 2. The second-order valence-corrected chi connectivity index (χ2v) is 7.99. The molecule has 3 unspecified atom stereocenters. The van der Waals surface area contributed by atoms with Crippen molar-refractivity contribution in [1.82, 2.24) is 29.2 Å². The number of rotatable bonds is 6. The van der Waals surface area contributed by atoms with Crippen LogP contribution >= 0.6 is 7.82 Å². The maximum Gasteiger partial charge on any atom is 0.546 e. The van der Waals surface area contributed by atoms with Crippen LogP contribution in [0.2, 0.25) is 0 Å². The predicted molar refractivity (Wildman–Crippen MR) is 104 cm³/mol. The number of phosphoric ester groups is 1. The van der Waals surface area contributed by atoms with E-state index in [1.165, 1.54) is 4.57 Å². The minimum Gasteiger partial charge on any atom is -0.387 e. The number of nitrogens with one attached hydrogen (secondary N) is 1. The van der Waals surface area contributed by atoms with Crippen LogP contribution < -0.4 is 27.3 Å². The van der Waals surface area contributed by atoms with E-state index in [1.54, 1.807) is 0 Å². The van der Waals surface area contributed by atoms with E-state index in [0.717, 1.165) is 18.6 Å². The fourth-order valence-corrected chi connectivity index (χ4v) is 3.72. The summed E-state index contributed by atoms with van der Waals surface area (Å²) in [5.74, 6) is -0.334. The number of hydrogen-bond donors (Lipinski definition) is 6. The molecule has 1 aliphatic rings. The third-order valence-corrected chi connectivity index (χ3v) is 5.31. The van der Waals surface area contributed by atoms with Crippen molar-refractivity contribution in [2.24, 2.45) is 0 Å². The number of anilines is 2. The van der Waals surface area contributed by atoms with Gasteiger partial charge in [0, 0.05) is 6.07 Å². The molecule has 4 rings (SSSR count). The number of phosphoric acid groups is 1. The number of aliphatic hydroxyl groups excluding tert-OH is 2. The van der Waals surface area contributed by atoms with Crippen molar-refractivity contribution >= 4 is 30.8 Å². The van der Waals surface area contributed by atoms with Gasteiger partial charge in [-0.25, -0.2) is 14.3 Å². The van der Waals surface area contributed by atoms with Gasteiger partial charge in [-0.15, -0.1) is 4.73 Å². The Morgan fingerprint density at radius 3 is 2.72 bits per heavy atom. The Kier molecular flexibility index (Phi) is 5.45. The minimum atomic E-state index is -4.87. The first-order chi connectivity index (χ1) is 15.1. The average molecular weight is 472 g/mol. The largest absolute Gasteiger partial charge is 0.546 e. The van der Waals surface area contributed by atoms with Crippen LogP contribution in [0.1, 0.15) is 6.23 Å². The zero-order valence-electron chi connectivity index (χ0n) is 15.9. The molecule has 3 aromatic rings. The summed E-state index contributed by atoms with van der Waals surface area (Å²) < 4.78 is 28.5. The first-order valence-corrected chi connectivity index (χ1v) is 10.3. The van der Waals surface area contributed by atoms with E-state index in [4.69, 9.17) is 20.7 Å². The average Bonchev–Trinajstić information content (AvgIpc) is 3.24. The number of imidazole rings is 1. The number of hydrogen-bond acceptors (Lipinski definition) is 13. The molecule has 1 aliphatic heterocycles. The summed E-state index contributed by atoms with van der Waals surface area (Å²) in [6, 6.07) is 1.15. The molecule has 8 N–H and O–H groups in total. The molecule has 5 atom stereocenters. The summed E-state index contributed by atoms with van der Waals surface area (Å²) in [5, 5.41) is 20.6. The third kappa shape index (κ3) is 4.07. The van der Waals surface area contributed by atoms with E-state index >= 15 is 0 Å². The Labute approximate surface area is 176 Å². The third-order valence-electron chi connectivity index (χ3n) is 4.45. The van der Waals surface area contributed by atoms with Gasteiger partial charge < -0.3 is 31.0 Å². The summed E-state index contributed by atoms with van der Waals surface area (Å²) in [6.07, 6.45) is -3.60. The Bertz CT molecular complexity index is 1320. The number of H-pyrrole nitrogens is 1. The summed E-state index contributed by atoms with van der Waals surface area (Å²) in [4.78, 5) is 46.8. The maximum absolute atomic E-state index is 12.1. The Hall–Kier alpha value is -3.34. The Morgan fingerprint density at radius 1 is 1.25 bits per heavy atom. The van der Waals surface area contributed by atoms with E-state index in [9.17, 15) is 29.3 Å². The van der Waals surface area contributed by atoms with Gasteiger partial charge in [-0.1, -0.05) is 0 Å². The normalized spacial score (nSPS) is 25.1.